The summed E-state index contributed by atoms with van der Waals surface area (Å²) in [6.07, 6.45) is 0. The van der Waals surface area contributed by atoms with Crippen LogP contribution in [0.5, 0.6) is 0 Å². The molecule has 0 aliphatic carbocycles. The zero-order chi connectivity index (χ0) is 17.5. The van der Waals surface area contributed by atoms with Gasteiger partial charge in [0.15, 0.2) is 10.1 Å². The van der Waals surface area contributed by atoms with Crippen LogP contribution >= 0.6 is 23.1 Å². The number of carbonyl (C=O) groups excluding carboxylic acids is 1. The van der Waals surface area contributed by atoms with E-state index < -0.39 is 0 Å². The molecule has 25 heavy (non-hydrogen) atoms. The fraction of sp³-hybridized carbons (Fsp3) is 0.111. The first kappa shape index (κ1) is 17.1. The summed E-state index contributed by atoms with van der Waals surface area (Å²) in [5.74, 6) is 0.294. The summed E-state index contributed by atoms with van der Waals surface area (Å²) in [6.45, 7) is 0.685. The summed E-state index contributed by atoms with van der Waals surface area (Å²) < 4.78 is 0.748. The quantitative estimate of drug-likeness (QED) is 0.503. The van der Waals surface area contributed by atoms with Gasteiger partial charge in [-0.3, -0.25) is 4.79 Å². The molecule has 7 heteroatoms. The van der Waals surface area contributed by atoms with Crippen LogP contribution in [0.1, 0.15) is 21.5 Å². The SMILES string of the molecule is N#Cc1ccc(C(=O)CSc2nnc(NCc3ccccc3)s2)cc1. The number of benzene rings is 2. The van der Waals surface area contributed by atoms with Gasteiger partial charge in [0.1, 0.15) is 0 Å². The Morgan fingerprint density at radius 1 is 1.12 bits per heavy atom. The van der Waals surface area contributed by atoms with Gasteiger partial charge in [0.25, 0.3) is 0 Å². The highest BCUT2D eigenvalue weighted by Crippen LogP contribution is 2.26. The van der Waals surface area contributed by atoms with Crippen LogP contribution in [0.25, 0.3) is 0 Å². The predicted molar refractivity (Wildman–Crippen MR) is 99.9 cm³/mol. The normalized spacial score (nSPS) is 10.2. The van der Waals surface area contributed by atoms with E-state index in [1.807, 2.05) is 36.4 Å². The number of hydrogen-bond acceptors (Lipinski definition) is 7. The van der Waals surface area contributed by atoms with Crippen molar-refractivity contribution in [2.75, 3.05) is 11.1 Å². The average Bonchev–Trinajstić information content (AvgIpc) is 3.13. The van der Waals surface area contributed by atoms with Gasteiger partial charge in [-0.05, 0) is 17.7 Å². The summed E-state index contributed by atoms with van der Waals surface area (Å²) in [7, 11) is 0. The molecule has 0 radical (unpaired) electrons. The first-order valence-corrected chi connectivity index (χ1v) is 9.32. The van der Waals surface area contributed by atoms with Gasteiger partial charge in [-0.25, -0.2) is 0 Å². The maximum Gasteiger partial charge on any atom is 0.206 e. The van der Waals surface area contributed by atoms with Crippen molar-refractivity contribution >= 4 is 34.0 Å². The summed E-state index contributed by atoms with van der Waals surface area (Å²) in [6, 6.07) is 18.7. The highest BCUT2D eigenvalue weighted by atomic mass is 32.2. The van der Waals surface area contributed by atoms with Crippen molar-refractivity contribution in [1.29, 1.82) is 5.26 Å². The number of thioether (sulfide) groups is 1. The van der Waals surface area contributed by atoms with E-state index in [4.69, 9.17) is 5.26 Å². The molecule has 3 rings (SSSR count). The fourth-order valence-electron chi connectivity index (χ4n) is 2.05. The molecule has 0 aliphatic rings. The second-order valence-electron chi connectivity index (χ2n) is 5.11. The Hall–Kier alpha value is -2.69. The fourth-order valence-corrected chi connectivity index (χ4v) is 3.70. The summed E-state index contributed by atoms with van der Waals surface area (Å²) >= 11 is 2.80. The van der Waals surface area contributed by atoms with Crippen LogP contribution in [0.2, 0.25) is 0 Å². The van der Waals surface area contributed by atoms with E-state index in [-0.39, 0.29) is 5.78 Å². The molecule has 0 unspecified atom stereocenters. The van der Waals surface area contributed by atoms with Gasteiger partial charge in [-0.15, -0.1) is 10.2 Å². The van der Waals surface area contributed by atoms with Gasteiger partial charge in [0.2, 0.25) is 5.13 Å². The number of Topliss-reactive ketones (excluding diaryl/α,β-unsaturated/α-hetero) is 1. The number of rotatable bonds is 7. The van der Waals surface area contributed by atoms with E-state index >= 15 is 0 Å². The number of carbonyl (C=O) groups is 1. The molecule has 0 spiro atoms. The molecular formula is C18H14N4OS2. The molecule has 0 saturated carbocycles. The predicted octanol–water partition coefficient (Wildman–Crippen LogP) is 4.00. The molecule has 1 aromatic heterocycles. The first-order valence-electron chi connectivity index (χ1n) is 7.52. The van der Waals surface area contributed by atoms with Crippen molar-refractivity contribution in [2.24, 2.45) is 0 Å². The van der Waals surface area contributed by atoms with Crippen LogP contribution in [0.15, 0.2) is 58.9 Å². The number of nitrogens with one attached hydrogen (secondary N) is 1. The third-order valence-electron chi connectivity index (χ3n) is 3.36. The van der Waals surface area contributed by atoms with Gasteiger partial charge in [0, 0.05) is 12.1 Å². The van der Waals surface area contributed by atoms with Crippen molar-refractivity contribution < 1.29 is 4.79 Å². The van der Waals surface area contributed by atoms with Crippen molar-refractivity contribution in [1.82, 2.24) is 10.2 Å². The number of ketones is 1. The van der Waals surface area contributed by atoms with Crippen LogP contribution in [0.3, 0.4) is 0 Å². The van der Waals surface area contributed by atoms with Crippen molar-refractivity contribution in [3.05, 3.63) is 71.3 Å². The molecule has 1 N–H and O–H groups in total. The average molecular weight is 366 g/mol. The Morgan fingerprint density at radius 3 is 2.60 bits per heavy atom. The number of aromatic nitrogens is 2. The largest absolute Gasteiger partial charge is 0.356 e. The first-order chi connectivity index (χ1) is 12.2. The monoisotopic (exact) mass is 366 g/mol. The van der Waals surface area contributed by atoms with Crippen LogP contribution in [0.4, 0.5) is 5.13 Å². The van der Waals surface area contributed by atoms with Gasteiger partial charge in [-0.2, -0.15) is 5.26 Å². The number of nitriles is 1. The maximum atomic E-state index is 12.2. The molecule has 1 heterocycles. The second kappa shape index (κ2) is 8.42. The van der Waals surface area contributed by atoms with Gasteiger partial charge >= 0.3 is 0 Å². The number of anilines is 1. The van der Waals surface area contributed by atoms with Gasteiger partial charge in [0.05, 0.1) is 17.4 Å². The minimum absolute atomic E-state index is 0.00323. The van der Waals surface area contributed by atoms with Gasteiger partial charge in [-0.1, -0.05) is 65.6 Å². The Morgan fingerprint density at radius 2 is 1.88 bits per heavy atom. The molecule has 124 valence electrons. The molecule has 3 aromatic rings. The molecule has 0 amide bonds. The Bertz CT molecular complexity index is 885. The zero-order valence-corrected chi connectivity index (χ0v) is 14.8. The number of hydrogen-bond donors (Lipinski definition) is 1. The van der Waals surface area contributed by atoms with E-state index in [0.29, 0.717) is 23.4 Å². The number of nitrogens with zero attached hydrogens (tertiary/aromatic N) is 3. The van der Waals surface area contributed by atoms with Crippen molar-refractivity contribution in [3.63, 3.8) is 0 Å². The molecule has 2 aromatic carbocycles. The molecule has 0 saturated heterocycles. The lowest BCUT2D eigenvalue weighted by atomic mass is 10.1. The van der Waals surface area contributed by atoms with Crippen molar-refractivity contribution in [3.8, 4) is 6.07 Å². The minimum atomic E-state index is 0.00323. The van der Waals surface area contributed by atoms with E-state index in [9.17, 15) is 4.79 Å². The lowest BCUT2D eigenvalue weighted by Gasteiger charge is -2.01. The second-order valence-corrected chi connectivity index (χ2v) is 7.31. The zero-order valence-electron chi connectivity index (χ0n) is 13.2. The Balaban J connectivity index is 1.51. The minimum Gasteiger partial charge on any atom is -0.356 e. The summed E-state index contributed by atoms with van der Waals surface area (Å²) in [5, 5.41) is 20.9. The smallest absolute Gasteiger partial charge is 0.206 e. The third kappa shape index (κ3) is 4.89. The van der Waals surface area contributed by atoms with Crippen LogP contribution in [-0.2, 0) is 6.54 Å². The van der Waals surface area contributed by atoms with Gasteiger partial charge < -0.3 is 5.32 Å². The molecular weight excluding hydrogens is 352 g/mol. The van der Waals surface area contributed by atoms with E-state index in [1.54, 1.807) is 24.3 Å². The Labute approximate surface area is 153 Å². The molecule has 0 bridgehead atoms. The third-order valence-corrected chi connectivity index (χ3v) is 5.37. The lowest BCUT2D eigenvalue weighted by Crippen LogP contribution is -2.01. The van der Waals surface area contributed by atoms with Crippen molar-refractivity contribution in [2.45, 2.75) is 10.9 Å². The lowest BCUT2D eigenvalue weighted by molar-refractivity contribution is 0.102. The summed E-state index contributed by atoms with van der Waals surface area (Å²) in [4.78, 5) is 12.2. The molecule has 0 fully saturated rings. The van der Waals surface area contributed by atoms with E-state index in [1.165, 1.54) is 28.7 Å². The van der Waals surface area contributed by atoms with E-state index in [0.717, 1.165) is 9.47 Å². The highest BCUT2D eigenvalue weighted by molar-refractivity contribution is 8.01. The molecule has 0 aliphatic heterocycles. The van der Waals surface area contributed by atoms with E-state index in [2.05, 4.69) is 15.5 Å². The maximum absolute atomic E-state index is 12.2. The standard InChI is InChI=1S/C18H14N4OS2/c19-10-13-6-8-15(9-7-13)16(23)12-24-18-22-21-17(25-18)20-11-14-4-2-1-3-5-14/h1-9H,11-12H2,(H,20,21). The molecule has 0 atom stereocenters. The topological polar surface area (TPSA) is 78.7 Å². The van der Waals surface area contributed by atoms with Crippen LogP contribution < -0.4 is 5.32 Å². The summed E-state index contributed by atoms with van der Waals surface area (Å²) in [5.41, 5.74) is 2.31. The molecule has 5 nitrogen and oxygen atoms in total. The van der Waals surface area contributed by atoms with Crippen LogP contribution in [-0.4, -0.2) is 21.7 Å². The van der Waals surface area contributed by atoms with Crippen LogP contribution in [0, 0.1) is 11.3 Å². The highest BCUT2D eigenvalue weighted by Gasteiger charge is 2.10. The Kier molecular flexibility index (Phi) is 5.77.